The van der Waals surface area contributed by atoms with E-state index in [4.69, 9.17) is 10.9 Å². The molecule has 7 heteroatoms. The Morgan fingerprint density at radius 3 is 2.80 bits per heavy atom. The average Bonchev–Trinajstić information content (AvgIpc) is 2.49. The summed E-state index contributed by atoms with van der Waals surface area (Å²) in [6, 6.07) is 7.87. The maximum Gasteiger partial charge on any atom is 0.173 e. The average molecular weight is 275 g/mol. The van der Waals surface area contributed by atoms with E-state index in [0.717, 1.165) is 0 Å². The van der Waals surface area contributed by atoms with Crippen LogP contribution in [0, 0.1) is 5.82 Å². The van der Waals surface area contributed by atoms with Crippen LogP contribution in [0.15, 0.2) is 41.7 Å². The van der Waals surface area contributed by atoms with Crippen LogP contribution in [0.2, 0.25) is 0 Å². The van der Waals surface area contributed by atoms with Crippen LogP contribution in [0.3, 0.4) is 0 Å². The highest BCUT2D eigenvalue weighted by Gasteiger charge is 2.18. The lowest BCUT2D eigenvalue weighted by molar-refractivity contribution is 0.318. The summed E-state index contributed by atoms with van der Waals surface area (Å²) in [5.74, 6) is -0.162. The maximum absolute atomic E-state index is 13.9. The van der Waals surface area contributed by atoms with Crippen molar-refractivity contribution in [3.05, 3.63) is 47.9 Å². The molecule has 0 aliphatic heterocycles. The van der Waals surface area contributed by atoms with Crippen molar-refractivity contribution in [2.24, 2.45) is 10.9 Å². The second-order valence-electron chi connectivity index (χ2n) is 3.95. The van der Waals surface area contributed by atoms with Gasteiger partial charge in [-0.1, -0.05) is 17.3 Å². The predicted molar refractivity (Wildman–Crippen MR) is 73.6 cm³/mol. The number of amidine groups is 1. The van der Waals surface area contributed by atoms with E-state index in [1.165, 1.54) is 12.3 Å². The molecule has 0 radical (unpaired) electrons. The first-order valence-corrected chi connectivity index (χ1v) is 6.00. The lowest BCUT2D eigenvalue weighted by Crippen LogP contribution is -2.24. The summed E-state index contributed by atoms with van der Waals surface area (Å²) in [4.78, 5) is 1.61. The van der Waals surface area contributed by atoms with Gasteiger partial charge in [0.05, 0.1) is 17.4 Å². The van der Waals surface area contributed by atoms with Crippen LogP contribution < -0.4 is 10.6 Å². The number of nitrogens with two attached hydrogens (primary N) is 1. The van der Waals surface area contributed by atoms with E-state index in [1.807, 2.05) is 6.92 Å². The minimum atomic E-state index is -0.384. The Hall–Kier alpha value is -2.70. The molecule has 2 rings (SSSR count). The standard InChI is InChI=1S/C13H14FN5O/c1-2-19(11-6-4-3-5-10(11)14)13-9(12(15)18-20)7-8-16-17-13/h3-8,20H,2H2,1H3,(H2,15,18). The normalized spacial score (nSPS) is 11.4. The fraction of sp³-hybridized carbons (Fsp3) is 0.154. The van der Waals surface area contributed by atoms with E-state index in [9.17, 15) is 4.39 Å². The molecule has 2 aromatic rings. The molecule has 1 heterocycles. The molecule has 0 unspecified atom stereocenters. The summed E-state index contributed by atoms with van der Waals surface area (Å²) in [6.45, 7) is 2.29. The van der Waals surface area contributed by atoms with Crippen molar-refractivity contribution in [2.75, 3.05) is 11.4 Å². The fourth-order valence-corrected chi connectivity index (χ4v) is 1.88. The number of para-hydroxylation sites is 1. The number of oxime groups is 1. The molecule has 0 spiro atoms. The first kappa shape index (κ1) is 13.7. The molecule has 0 saturated carbocycles. The van der Waals surface area contributed by atoms with Gasteiger partial charge in [-0.2, -0.15) is 5.10 Å². The van der Waals surface area contributed by atoms with Crippen molar-refractivity contribution in [1.82, 2.24) is 10.2 Å². The minimum Gasteiger partial charge on any atom is -0.409 e. The van der Waals surface area contributed by atoms with Gasteiger partial charge >= 0.3 is 0 Å². The van der Waals surface area contributed by atoms with Crippen LogP contribution in [0.25, 0.3) is 0 Å². The number of hydrogen-bond donors (Lipinski definition) is 2. The zero-order valence-electron chi connectivity index (χ0n) is 10.9. The molecule has 0 fully saturated rings. The van der Waals surface area contributed by atoms with Gasteiger partial charge in [-0.05, 0) is 25.1 Å². The topological polar surface area (TPSA) is 87.6 Å². The van der Waals surface area contributed by atoms with Crippen molar-refractivity contribution >= 4 is 17.3 Å². The van der Waals surface area contributed by atoms with Crippen LogP contribution in [0.5, 0.6) is 0 Å². The van der Waals surface area contributed by atoms with Gasteiger partial charge in [0.1, 0.15) is 5.82 Å². The highest BCUT2D eigenvalue weighted by molar-refractivity contribution is 6.01. The molecule has 0 saturated heterocycles. The molecular weight excluding hydrogens is 261 g/mol. The number of nitrogens with zero attached hydrogens (tertiary/aromatic N) is 4. The smallest absolute Gasteiger partial charge is 0.173 e. The molecule has 0 amide bonds. The second kappa shape index (κ2) is 5.96. The number of aromatic nitrogens is 2. The van der Waals surface area contributed by atoms with Crippen LogP contribution in [0.1, 0.15) is 12.5 Å². The van der Waals surface area contributed by atoms with Crippen LogP contribution in [-0.4, -0.2) is 27.8 Å². The minimum absolute atomic E-state index is 0.107. The van der Waals surface area contributed by atoms with E-state index in [-0.39, 0.29) is 11.7 Å². The molecule has 1 aromatic heterocycles. The summed E-state index contributed by atoms with van der Waals surface area (Å²) in [5.41, 5.74) is 6.35. The second-order valence-corrected chi connectivity index (χ2v) is 3.95. The van der Waals surface area contributed by atoms with Gasteiger partial charge < -0.3 is 15.8 Å². The molecule has 0 atom stereocenters. The SMILES string of the molecule is CCN(c1ccccc1F)c1nnccc1/C(N)=N/O. The van der Waals surface area contributed by atoms with Crippen molar-refractivity contribution in [2.45, 2.75) is 6.92 Å². The van der Waals surface area contributed by atoms with Gasteiger partial charge in [0.15, 0.2) is 11.7 Å². The number of rotatable bonds is 4. The van der Waals surface area contributed by atoms with Crippen molar-refractivity contribution in [3.8, 4) is 0 Å². The van der Waals surface area contributed by atoms with Crippen LogP contribution in [0.4, 0.5) is 15.9 Å². The quantitative estimate of drug-likeness (QED) is 0.385. The van der Waals surface area contributed by atoms with Gasteiger partial charge in [0.2, 0.25) is 0 Å². The molecule has 3 N–H and O–H groups in total. The Labute approximate surface area is 115 Å². The van der Waals surface area contributed by atoms with Gasteiger partial charge in [-0.25, -0.2) is 4.39 Å². The predicted octanol–water partition coefficient (Wildman–Crippen LogP) is 1.87. The molecule has 0 aliphatic carbocycles. The first-order valence-electron chi connectivity index (χ1n) is 6.00. The number of halogens is 1. The summed E-state index contributed by atoms with van der Waals surface area (Å²) < 4.78 is 13.9. The maximum atomic E-state index is 13.9. The van der Waals surface area contributed by atoms with Crippen molar-refractivity contribution < 1.29 is 9.60 Å². The Morgan fingerprint density at radius 1 is 1.40 bits per heavy atom. The van der Waals surface area contributed by atoms with Gasteiger partial charge in [-0.15, -0.1) is 5.10 Å². The van der Waals surface area contributed by atoms with Gasteiger partial charge in [0.25, 0.3) is 0 Å². The largest absolute Gasteiger partial charge is 0.409 e. The third-order valence-electron chi connectivity index (χ3n) is 2.80. The Kier molecular flexibility index (Phi) is 4.09. The summed E-state index contributed by atoms with van der Waals surface area (Å²) in [7, 11) is 0. The zero-order chi connectivity index (χ0) is 14.5. The van der Waals surface area contributed by atoms with Crippen molar-refractivity contribution in [3.63, 3.8) is 0 Å². The van der Waals surface area contributed by atoms with E-state index < -0.39 is 0 Å². The lowest BCUT2D eigenvalue weighted by Gasteiger charge is -2.23. The number of benzene rings is 1. The molecule has 6 nitrogen and oxygen atoms in total. The zero-order valence-corrected chi connectivity index (χ0v) is 10.9. The number of anilines is 2. The van der Waals surface area contributed by atoms with E-state index in [2.05, 4.69) is 15.4 Å². The van der Waals surface area contributed by atoms with Crippen molar-refractivity contribution in [1.29, 1.82) is 0 Å². The monoisotopic (exact) mass is 275 g/mol. The Morgan fingerprint density at radius 2 is 2.15 bits per heavy atom. The molecule has 104 valence electrons. The first-order chi connectivity index (χ1) is 9.69. The summed E-state index contributed by atoms with van der Waals surface area (Å²) in [5, 5.41) is 19.5. The molecule has 0 bridgehead atoms. The molecule has 1 aromatic carbocycles. The lowest BCUT2D eigenvalue weighted by atomic mass is 10.2. The summed E-state index contributed by atoms with van der Waals surface area (Å²) in [6.07, 6.45) is 1.42. The number of hydrogen-bond acceptors (Lipinski definition) is 5. The Bertz CT molecular complexity index is 632. The molecule has 0 aliphatic rings. The molecular formula is C13H14FN5O. The van der Waals surface area contributed by atoms with Gasteiger partial charge in [-0.3, -0.25) is 0 Å². The Balaban J connectivity index is 2.56. The highest BCUT2D eigenvalue weighted by Crippen LogP contribution is 2.27. The molecule has 20 heavy (non-hydrogen) atoms. The van der Waals surface area contributed by atoms with Crippen LogP contribution in [-0.2, 0) is 0 Å². The van der Waals surface area contributed by atoms with E-state index in [0.29, 0.717) is 23.6 Å². The third kappa shape index (κ3) is 2.51. The highest BCUT2D eigenvalue weighted by atomic mass is 19.1. The van der Waals surface area contributed by atoms with Crippen LogP contribution >= 0.6 is 0 Å². The van der Waals surface area contributed by atoms with Gasteiger partial charge in [0, 0.05) is 6.54 Å². The third-order valence-corrected chi connectivity index (χ3v) is 2.80. The summed E-state index contributed by atoms with van der Waals surface area (Å²) >= 11 is 0. The van der Waals surface area contributed by atoms with E-state index >= 15 is 0 Å². The fourth-order valence-electron chi connectivity index (χ4n) is 1.88. The van der Waals surface area contributed by atoms with E-state index in [1.54, 1.807) is 29.2 Å².